The molecule has 2 heterocycles. The van der Waals surface area contributed by atoms with E-state index in [1.807, 2.05) is 6.07 Å². The molecule has 21 heavy (non-hydrogen) atoms. The second-order valence-corrected chi connectivity index (χ2v) is 8.19. The molecule has 2 nitrogen and oxygen atoms in total. The molecule has 2 saturated heterocycles. The van der Waals surface area contributed by atoms with Crippen LogP contribution in [0.25, 0.3) is 0 Å². The molecule has 1 N–H and O–H groups in total. The van der Waals surface area contributed by atoms with Crippen LogP contribution >= 0.6 is 11.6 Å². The third-order valence-electron chi connectivity index (χ3n) is 5.83. The van der Waals surface area contributed by atoms with Crippen molar-refractivity contribution in [1.29, 1.82) is 0 Å². The van der Waals surface area contributed by atoms with Gasteiger partial charge in [0, 0.05) is 29.7 Å². The summed E-state index contributed by atoms with van der Waals surface area (Å²) in [6, 6.07) is 8.30. The van der Waals surface area contributed by atoms with E-state index < -0.39 is 0 Å². The van der Waals surface area contributed by atoms with Crippen LogP contribution in [-0.2, 0) is 6.42 Å². The van der Waals surface area contributed by atoms with Gasteiger partial charge >= 0.3 is 0 Å². The number of hydrogen-bond acceptors (Lipinski definition) is 2. The Labute approximate surface area is 132 Å². The molecule has 4 rings (SSSR count). The van der Waals surface area contributed by atoms with Gasteiger partial charge in [-0.05, 0) is 60.9 Å². The van der Waals surface area contributed by atoms with E-state index in [4.69, 9.17) is 11.6 Å². The van der Waals surface area contributed by atoms with Crippen molar-refractivity contribution in [2.75, 3.05) is 13.1 Å². The lowest BCUT2D eigenvalue weighted by atomic mass is 9.84. The molecular formula is C18H25ClN2. The molecule has 0 amide bonds. The summed E-state index contributed by atoms with van der Waals surface area (Å²) in [5.41, 5.74) is 3.19. The predicted molar refractivity (Wildman–Crippen MR) is 87.8 cm³/mol. The van der Waals surface area contributed by atoms with E-state index in [1.54, 1.807) is 0 Å². The van der Waals surface area contributed by atoms with Crippen LogP contribution < -0.4 is 5.32 Å². The topological polar surface area (TPSA) is 15.3 Å². The first-order chi connectivity index (χ1) is 10.0. The summed E-state index contributed by atoms with van der Waals surface area (Å²) in [7, 11) is 0. The second kappa shape index (κ2) is 4.97. The third-order valence-corrected chi connectivity index (χ3v) is 6.07. The van der Waals surface area contributed by atoms with Crippen molar-refractivity contribution in [3.63, 3.8) is 0 Å². The first-order valence-corrected chi connectivity index (χ1v) is 8.71. The summed E-state index contributed by atoms with van der Waals surface area (Å²) >= 11 is 6.25. The van der Waals surface area contributed by atoms with Crippen molar-refractivity contribution in [2.45, 2.75) is 57.7 Å². The van der Waals surface area contributed by atoms with Crippen molar-refractivity contribution < 1.29 is 0 Å². The Morgan fingerprint density at radius 3 is 2.95 bits per heavy atom. The highest BCUT2D eigenvalue weighted by Crippen LogP contribution is 2.47. The molecule has 3 heteroatoms. The standard InChI is InChI=1S/C18H25ClN2/c1-18(2)11-12-5-6-13(19)10-14(12)17(18)20-15-7-9-21-8-3-4-16(15)21/h5-6,10,15-17,20H,3-4,7-9,11H2,1-2H3. The molecule has 114 valence electrons. The lowest BCUT2D eigenvalue weighted by Crippen LogP contribution is -2.44. The zero-order chi connectivity index (χ0) is 14.6. The monoisotopic (exact) mass is 304 g/mol. The fourth-order valence-corrected chi connectivity index (χ4v) is 5.00. The average molecular weight is 305 g/mol. The zero-order valence-electron chi connectivity index (χ0n) is 13.0. The molecule has 3 aliphatic rings. The van der Waals surface area contributed by atoms with Crippen molar-refractivity contribution in [2.24, 2.45) is 5.41 Å². The van der Waals surface area contributed by atoms with Gasteiger partial charge in [-0.3, -0.25) is 4.90 Å². The quantitative estimate of drug-likeness (QED) is 0.894. The Hall–Kier alpha value is -0.570. The van der Waals surface area contributed by atoms with Gasteiger partial charge in [0.2, 0.25) is 0 Å². The number of fused-ring (bicyclic) bond motifs is 2. The Balaban J connectivity index is 1.60. The van der Waals surface area contributed by atoms with Crippen molar-refractivity contribution in [3.8, 4) is 0 Å². The number of hydrogen-bond donors (Lipinski definition) is 1. The number of nitrogens with zero attached hydrogens (tertiary/aromatic N) is 1. The van der Waals surface area contributed by atoms with Crippen molar-refractivity contribution in [1.82, 2.24) is 10.2 Å². The van der Waals surface area contributed by atoms with Gasteiger partial charge < -0.3 is 5.32 Å². The number of benzene rings is 1. The van der Waals surface area contributed by atoms with Gasteiger partial charge in [-0.25, -0.2) is 0 Å². The maximum Gasteiger partial charge on any atom is 0.0409 e. The molecule has 3 atom stereocenters. The van der Waals surface area contributed by atoms with E-state index >= 15 is 0 Å². The molecule has 3 unspecified atom stereocenters. The smallest absolute Gasteiger partial charge is 0.0409 e. The lowest BCUT2D eigenvalue weighted by molar-refractivity contribution is 0.223. The fourth-order valence-electron chi connectivity index (χ4n) is 4.82. The summed E-state index contributed by atoms with van der Waals surface area (Å²) < 4.78 is 0. The molecule has 0 aromatic heterocycles. The number of halogens is 1. The highest BCUT2D eigenvalue weighted by molar-refractivity contribution is 6.30. The fraction of sp³-hybridized carbons (Fsp3) is 0.667. The molecule has 0 saturated carbocycles. The van der Waals surface area contributed by atoms with E-state index in [2.05, 4.69) is 36.2 Å². The largest absolute Gasteiger partial charge is 0.305 e. The summed E-state index contributed by atoms with van der Waals surface area (Å²) in [4.78, 5) is 2.68. The van der Waals surface area contributed by atoms with Gasteiger partial charge in [-0.1, -0.05) is 31.5 Å². The molecule has 0 bridgehead atoms. The van der Waals surface area contributed by atoms with Gasteiger partial charge in [0.1, 0.15) is 0 Å². The van der Waals surface area contributed by atoms with E-state index in [1.165, 1.54) is 43.5 Å². The van der Waals surface area contributed by atoms with E-state index in [0.717, 1.165) is 17.5 Å². The minimum Gasteiger partial charge on any atom is -0.305 e. The first kappa shape index (κ1) is 14.0. The Morgan fingerprint density at radius 1 is 1.24 bits per heavy atom. The average Bonchev–Trinajstić information content (AvgIpc) is 3.06. The SMILES string of the molecule is CC1(C)Cc2ccc(Cl)cc2C1NC1CCN2CCCC12. The molecule has 1 aliphatic carbocycles. The van der Waals surface area contributed by atoms with Gasteiger partial charge in [0.25, 0.3) is 0 Å². The maximum absolute atomic E-state index is 6.25. The second-order valence-electron chi connectivity index (χ2n) is 7.75. The maximum atomic E-state index is 6.25. The van der Waals surface area contributed by atoms with Crippen LogP contribution in [0, 0.1) is 5.41 Å². The van der Waals surface area contributed by atoms with Gasteiger partial charge in [-0.2, -0.15) is 0 Å². The number of nitrogens with one attached hydrogen (secondary N) is 1. The summed E-state index contributed by atoms with van der Waals surface area (Å²) in [5.74, 6) is 0. The van der Waals surface area contributed by atoms with Crippen LogP contribution in [0.3, 0.4) is 0 Å². The minimum absolute atomic E-state index is 0.277. The summed E-state index contributed by atoms with van der Waals surface area (Å²) in [5, 5.41) is 4.89. The normalized spacial score (nSPS) is 34.1. The van der Waals surface area contributed by atoms with Crippen LogP contribution in [0.15, 0.2) is 18.2 Å². The Kier molecular flexibility index (Phi) is 3.33. The molecule has 0 radical (unpaired) electrons. The van der Waals surface area contributed by atoms with Crippen molar-refractivity contribution >= 4 is 11.6 Å². The van der Waals surface area contributed by atoms with Gasteiger partial charge in [0.15, 0.2) is 0 Å². The van der Waals surface area contributed by atoms with Crippen LogP contribution in [0.5, 0.6) is 0 Å². The first-order valence-electron chi connectivity index (χ1n) is 8.33. The van der Waals surface area contributed by atoms with Crippen LogP contribution in [0.1, 0.15) is 50.3 Å². The highest BCUT2D eigenvalue weighted by atomic mass is 35.5. The predicted octanol–water partition coefficient (Wildman–Crippen LogP) is 3.79. The zero-order valence-corrected chi connectivity index (χ0v) is 13.8. The summed E-state index contributed by atoms with van der Waals surface area (Å²) in [6.07, 6.45) is 5.19. The molecule has 2 fully saturated rings. The van der Waals surface area contributed by atoms with Gasteiger partial charge in [0.05, 0.1) is 0 Å². The summed E-state index contributed by atoms with van der Waals surface area (Å²) in [6.45, 7) is 7.36. The van der Waals surface area contributed by atoms with Gasteiger partial charge in [-0.15, -0.1) is 0 Å². The molecular weight excluding hydrogens is 280 g/mol. The van der Waals surface area contributed by atoms with E-state index in [-0.39, 0.29) is 5.41 Å². The van der Waals surface area contributed by atoms with E-state index in [9.17, 15) is 0 Å². The molecule has 1 aromatic carbocycles. The Morgan fingerprint density at radius 2 is 2.10 bits per heavy atom. The lowest BCUT2D eigenvalue weighted by Gasteiger charge is -2.33. The number of rotatable bonds is 2. The highest BCUT2D eigenvalue weighted by Gasteiger charge is 2.44. The third kappa shape index (κ3) is 2.32. The van der Waals surface area contributed by atoms with Crippen LogP contribution in [0.2, 0.25) is 5.02 Å². The minimum atomic E-state index is 0.277. The molecule has 0 spiro atoms. The van der Waals surface area contributed by atoms with Crippen LogP contribution in [-0.4, -0.2) is 30.1 Å². The molecule has 2 aliphatic heterocycles. The Bertz CT molecular complexity index is 554. The van der Waals surface area contributed by atoms with Crippen molar-refractivity contribution in [3.05, 3.63) is 34.3 Å². The van der Waals surface area contributed by atoms with E-state index in [0.29, 0.717) is 12.1 Å². The van der Waals surface area contributed by atoms with Crippen LogP contribution in [0.4, 0.5) is 0 Å². The molecule has 1 aromatic rings.